The van der Waals surface area contributed by atoms with E-state index < -0.39 is 95.5 Å². The van der Waals surface area contributed by atoms with E-state index in [-0.39, 0.29) is 38.2 Å². The minimum absolute atomic E-state index is 0.0369. The first-order valence-corrected chi connectivity index (χ1v) is 14.9. The Kier molecular flexibility index (Phi) is 7.22. The summed E-state index contributed by atoms with van der Waals surface area (Å²) in [5.41, 5.74) is -4.46. The van der Waals surface area contributed by atoms with E-state index in [1.165, 1.54) is 13.0 Å². The maximum Gasteiger partial charge on any atom is 0.331 e. The van der Waals surface area contributed by atoms with E-state index in [2.05, 4.69) is 0 Å². The molecule has 0 unspecified atom stereocenters. The number of aliphatic hydroxyl groups excluding tert-OH is 6. The number of esters is 1. The molecule has 15 atom stereocenters. The van der Waals surface area contributed by atoms with E-state index in [4.69, 9.17) is 14.2 Å². The Morgan fingerprint density at radius 2 is 1.76 bits per heavy atom. The second-order valence-corrected chi connectivity index (χ2v) is 13.8. The van der Waals surface area contributed by atoms with Crippen molar-refractivity contribution < 1.29 is 59.9 Å². The molecule has 0 amide bonds. The highest BCUT2D eigenvalue weighted by Gasteiger charge is 2.75. The van der Waals surface area contributed by atoms with Gasteiger partial charge in [-0.15, -0.1) is 0 Å². The highest BCUT2D eigenvalue weighted by Crippen LogP contribution is 2.70. The van der Waals surface area contributed by atoms with E-state index in [9.17, 15) is 45.6 Å². The van der Waals surface area contributed by atoms with E-state index in [0.717, 1.165) is 5.57 Å². The average Bonchev–Trinajstić information content (AvgIpc) is 3.45. The summed E-state index contributed by atoms with van der Waals surface area (Å²) in [6.45, 7) is 3.00. The van der Waals surface area contributed by atoms with Gasteiger partial charge in [0, 0.05) is 30.3 Å². The maximum atomic E-state index is 12.4. The summed E-state index contributed by atoms with van der Waals surface area (Å²) >= 11 is 0. The zero-order chi connectivity index (χ0) is 29.7. The fourth-order valence-corrected chi connectivity index (χ4v) is 10.1. The molecule has 4 saturated carbocycles. The Morgan fingerprint density at radius 3 is 2.41 bits per heavy atom. The Balaban J connectivity index is 1.28. The number of carbonyl (C=O) groups is 1. The molecule has 0 aromatic rings. The van der Waals surface area contributed by atoms with Gasteiger partial charge in [0.25, 0.3) is 0 Å². The average molecular weight is 585 g/mol. The van der Waals surface area contributed by atoms with Crippen molar-refractivity contribution in [2.45, 2.75) is 119 Å². The minimum atomic E-state index is -1.67. The standard InChI is InChI=1S/C29H44O12/c1-13-22(34)23(35)24(36)25(40-13)41-15-8-19(32)28(12-30)21-17(3-5-27(28,37)9-15)29(38)6-4-16(14-7-20(33)39-11-14)26(29,2)10-18(21)31/h7,13,15-19,21-25,30-32,34-38H,3-6,8-12H2,1-2H3/t13-,15-,16-,17-,18-,19+,21-,22+,23+,24+,25+,26-,27+,28-,29-/m1/s1. The molecule has 6 rings (SSSR count). The lowest BCUT2D eigenvalue weighted by Crippen LogP contribution is -2.76. The van der Waals surface area contributed by atoms with Crippen molar-refractivity contribution in [2.75, 3.05) is 13.2 Å². The van der Waals surface area contributed by atoms with Crippen molar-refractivity contribution in [1.29, 1.82) is 0 Å². The van der Waals surface area contributed by atoms with Crippen LogP contribution in [0.2, 0.25) is 0 Å². The molecule has 0 spiro atoms. The molecule has 6 aliphatic rings. The largest absolute Gasteiger partial charge is 0.458 e. The lowest BCUT2D eigenvalue weighted by Gasteiger charge is -2.68. The van der Waals surface area contributed by atoms with E-state index in [1.54, 1.807) is 0 Å². The molecule has 2 aliphatic heterocycles. The van der Waals surface area contributed by atoms with Crippen LogP contribution in [0.1, 0.15) is 58.8 Å². The predicted octanol–water partition coefficient (Wildman–Crippen LogP) is -1.51. The van der Waals surface area contributed by atoms with E-state index >= 15 is 0 Å². The molecule has 2 heterocycles. The first-order valence-electron chi connectivity index (χ1n) is 14.9. The number of ether oxygens (including phenoxy) is 3. The fourth-order valence-electron chi connectivity index (χ4n) is 10.1. The molecule has 5 fully saturated rings. The van der Waals surface area contributed by atoms with Crippen LogP contribution in [0, 0.1) is 28.6 Å². The summed E-state index contributed by atoms with van der Waals surface area (Å²) in [5.74, 6) is -1.93. The van der Waals surface area contributed by atoms with Crippen LogP contribution in [-0.4, -0.2) is 120 Å². The van der Waals surface area contributed by atoms with E-state index in [1.807, 2.05) is 6.92 Å². The Hall–Kier alpha value is -1.19. The molecular weight excluding hydrogens is 540 g/mol. The molecule has 0 radical (unpaired) electrons. The van der Waals surface area contributed by atoms with Gasteiger partial charge >= 0.3 is 5.97 Å². The molecule has 0 aromatic heterocycles. The van der Waals surface area contributed by atoms with E-state index in [0.29, 0.717) is 19.3 Å². The Labute approximate surface area is 238 Å². The van der Waals surface area contributed by atoms with Gasteiger partial charge in [-0.2, -0.15) is 0 Å². The van der Waals surface area contributed by atoms with Crippen molar-refractivity contribution in [1.82, 2.24) is 0 Å². The van der Waals surface area contributed by atoms with Gasteiger partial charge < -0.3 is 55.1 Å². The highest BCUT2D eigenvalue weighted by molar-refractivity contribution is 5.85. The summed E-state index contributed by atoms with van der Waals surface area (Å²) < 4.78 is 16.7. The van der Waals surface area contributed by atoms with Gasteiger partial charge in [0.05, 0.1) is 47.6 Å². The molecule has 41 heavy (non-hydrogen) atoms. The molecule has 12 heteroatoms. The first-order chi connectivity index (χ1) is 19.2. The molecule has 0 bridgehead atoms. The third kappa shape index (κ3) is 3.99. The van der Waals surface area contributed by atoms with Crippen LogP contribution >= 0.6 is 0 Å². The topological polar surface area (TPSA) is 207 Å². The van der Waals surface area contributed by atoms with Crippen LogP contribution in [0.3, 0.4) is 0 Å². The number of hydrogen-bond acceptors (Lipinski definition) is 12. The number of fused-ring (bicyclic) bond motifs is 5. The lowest BCUT2D eigenvalue weighted by atomic mass is 9.40. The second-order valence-electron chi connectivity index (χ2n) is 13.8. The molecule has 12 nitrogen and oxygen atoms in total. The monoisotopic (exact) mass is 584 g/mol. The van der Waals surface area contributed by atoms with Gasteiger partial charge in [-0.05, 0) is 56.4 Å². The van der Waals surface area contributed by atoms with Crippen molar-refractivity contribution in [3.63, 3.8) is 0 Å². The Bertz CT molecular complexity index is 1080. The smallest absolute Gasteiger partial charge is 0.331 e. The third-order valence-electron chi connectivity index (χ3n) is 12.2. The van der Waals surface area contributed by atoms with Crippen LogP contribution < -0.4 is 0 Å². The predicted molar refractivity (Wildman–Crippen MR) is 139 cm³/mol. The number of aliphatic hydroxyl groups is 8. The molecular formula is C29H44O12. The Morgan fingerprint density at radius 1 is 1.02 bits per heavy atom. The number of rotatable bonds is 4. The summed E-state index contributed by atoms with van der Waals surface area (Å²) in [6.07, 6.45) is -6.68. The zero-order valence-corrected chi connectivity index (χ0v) is 23.5. The number of hydrogen-bond donors (Lipinski definition) is 8. The zero-order valence-electron chi connectivity index (χ0n) is 23.5. The molecule has 1 saturated heterocycles. The maximum absolute atomic E-state index is 12.4. The summed E-state index contributed by atoms with van der Waals surface area (Å²) in [4.78, 5) is 11.8. The summed E-state index contributed by atoms with van der Waals surface area (Å²) in [5, 5.41) is 89.6. The van der Waals surface area contributed by atoms with Gasteiger partial charge in [0.15, 0.2) is 6.29 Å². The van der Waals surface area contributed by atoms with Crippen molar-refractivity contribution in [3.8, 4) is 0 Å². The fraction of sp³-hybridized carbons (Fsp3) is 0.897. The molecule has 4 aliphatic carbocycles. The summed E-state index contributed by atoms with van der Waals surface area (Å²) in [6, 6.07) is 0. The van der Waals surface area contributed by atoms with Crippen LogP contribution in [0.4, 0.5) is 0 Å². The first kappa shape index (κ1) is 29.9. The number of cyclic esters (lactones) is 1. The highest BCUT2D eigenvalue weighted by atomic mass is 16.7. The van der Waals surface area contributed by atoms with Crippen molar-refractivity contribution in [2.24, 2.45) is 28.6 Å². The lowest BCUT2D eigenvalue weighted by molar-refractivity contribution is -0.342. The van der Waals surface area contributed by atoms with Gasteiger partial charge in [0.1, 0.15) is 24.9 Å². The summed E-state index contributed by atoms with van der Waals surface area (Å²) in [7, 11) is 0. The quantitative estimate of drug-likeness (QED) is 0.140. The molecule has 232 valence electrons. The number of carbonyl (C=O) groups excluding carboxylic acids is 1. The van der Waals surface area contributed by atoms with Gasteiger partial charge in [-0.25, -0.2) is 4.79 Å². The normalized spacial score (nSPS) is 56.9. The van der Waals surface area contributed by atoms with Gasteiger partial charge in [0.2, 0.25) is 0 Å². The SMILES string of the molecule is C[C@H]1O[C@@H](O[C@@H]2C[C@H](O)[C@]3(CO)[C@H]4[C@H](O)C[C@]5(C)[C@@H](C6=CC(=O)OC6)CC[C@@]5(O)[C@@H]4CC[C@]3(O)C2)[C@@H](O)[C@@H](O)[C@H]1O. The van der Waals surface area contributed by atoms with Gasteiger partial charge in [-0.1, -0.05) is 6.92 Å². The second kappa shape index (κ2) is 9.91. The third-order valence-corrected chi connectivity index (χ3v) is 12.2. The van der Waals surface area contributed by atoms with Crippen molar-refractivity contribution >= 4 is 5.97 Å². The van der Waals surface area contributed by atoms with Crippen LogP contribution in [0.15, 0.2) is 11.6 Å². The van der Waals surface area contributed by atoms with Crippen LogP contribution in [-0.2, 0) is 19.0 Å². The van der Waals surface area contributed by atoms with Gasteiger partial charge in [-0.3, -0.25) is 0 Å². The minimum Gasteiger partial charge on any atom is -0.458 e. The van der Waals surface area contributed by atoms with Crippen LogP contribution in [0.25, 0.3) is 0 Å². The van der Waals surface area contributed by atoms with Crippen molar-refractivity contribution in [3.05, 3.63) is 11.6 Å². The molecule has 8 N–H and O–H groups in total. The van der Waals surface area contributed by atoms with Crippen LogP contribution in [0.5, 0.6) is 0 Å². The molecule has 0 aromatic carbocycles.